The maximum absolute atomic E-state index is 13.9. The number of pyridine rings is 1. The SMILES string of the molecule is CCCCCOC(C)CCCC=Cc1ccc(-c2ccc(O)c(F)c2F)nc1. The number of aromatic hydroxyl groups is 1. The molecule has 0 amide bonds. The van der Waals surface area contributed by atoms with E-state index in [4.69, 9.17) is 4.74 Å². The molecular weight excluding hydrogens is 360 g/mol. The van der Waals surface area contributed by atoms with Gasteiger partial charge in [-0.1, -0.05) is 38.0 Å². The Balaban J connectivity index is 1.79. The molecule has 3 nitrogen and oxygen atoms in total. The average Bonchev–Trinajstić information content (AvgIpc) is 2.70. The molecule has 0 fully saturated rings. The molecule has 0 aliphatic heterocycles. The van der Waals surface area contributed by atoms with Gasteiger partial charge < -0.3 is 9.84 Å². The molecule has 0 radical (unpaired) electrons. The Bertz CT molecular complexity index is 760. The number of rotatable bonds is 11. The van der Waals surface area contributed by atoms with Gasteiger partial charge in [-0.05, 0) is 56.4 Å². The molecule has 0 aliphatic rings. The van der Waals surface area contributed by atoms with E-state index < -0.39 is 17.4 Å². The lowest BCUT2D eigenvalue weighted by atomic mass is 10.1. The fraction of sp³-hybridized carbons (Fsp3) is 0.435. The van der Waals surface area contributed by atoms with E-state index in [2.05, 4.69) is 24.9 Å². The maximum Gasteiger partial charge on any atom is 0.201 e. The lowest BCUT2D eigenvalue weighted by molar-refractivity contribution is 0.0566. The Kier molecular flexibility index (Phi) is 9.08. The molecule has 1 unspecified atom stereocenters. The molecule has 1 atom stereocenters. The summed E-state index contributed by atoms with van der Waals surface area (Å²) in [4.78, 5) is 4.20. The molecule has 1 heterocycles. The van der Waals surface area contributed by atoms with Crippen molar-refractivity contribution >= 4 is 6.08 Å². The fourth-order valence-corrected chi connectivity index (χ4v) is 2.86. The summed E-state index contributed by atoms with van der Waals surface area (Å²) in [6, 6.07) is 5.89. The Labute approximate surface area is 166 Å². The third kappa shape index (κ3) is 6.71. The van der Waals surface area contributed by atoms with Crippen LogP contribution in [0.1, 0.15) is 57.9 Å². The Morgan fingerprint density at radius 3 is 2.64 bits per heavy atom. The average molecular weight is 389 g/mol. The van der Waals surface area contributed by atoms with Crippen molar-refractivity contribution in [3.63, 3.8) is 0 Å². The van der Waals surface area contributed by atoms with Gasteiger partial charge in [0.05, 0.1) is 11.8 Å². The normalized spacial score (nSPS) is 12.6. The maximum atomic E-state index is 13.9. The van der Waals surface area contributed by atoms with Gasteiger partial charge in [0.25, 0.3) is 0 Å². The van der Waals surface area contributed by atoms with Gasteiger partial charge in [0.1, 0.15) is 0 Å². The van der Waals surface area contributed by atoms with E-state index in [1.807, 2.05) is 12.1 Å². The van der Waals surface area contributed by atoms with Crippen LogP contribution in [0.2, 0.25) is 0 Å². The van der Waals surface area contributed by atoms with Gasteiger partial charge in [0.2, 0.25) is 5.82 Å². The highest BCUT2D eigenvalue weighted by molar-refractivity contribution is 5.63. The van der Waals surface area contributed by atoms with Crippen LogP contribution < -0.4 is 0 Å². The molecule has 1 N–H and O–H groups in total. The summed E-state index contributed by atoms with van der Waals surface area (Å²) < 4.78 is 33.2. The molecular formula is C23H29F2NO2. The second kappa shape index (κ2) is 11.5. The summed E-state index contributed by atoms with van der Waals surface area (Å²) >= 11 is 0. The summed E-state index contributed by atoms with van der Waals surface area (Å²) in [6.07, 6.45) is 12.5. The largest absolute Gasteiger partial charge is 0.505 e. The number of hydrogen-bond donors (Lipinski definition) is 1. The zero-order valence-corrected chi connectivity index (χ0v) is 16.6. The molecule has 5 heteroatoms. The molecule has 0 saturated heterocycles. The molecule has 1 aromatic heterocycles. The third-order valence-electron chi connectivity index (χ3n) is 4.57. The second-order valence-corrected chi connectivity index (χ2v) is 6.96. The van der Waals surface area contributed by atoms with Crippen LogP contribution >= 0.6 is 0 Å². The highest BCUT2D eigenvalue weighted by Crippen LogP contribution is 2.28. The van der Waals surface area contributed by atoms with Gasteiger partial charge in [-0.2, -0.15) is 4.39 Å². The first-order valence-corrected chi connectivity index (χ1v) is 9.94. The van der Waals surface area contributed by atoms with Gasteiger partial charge in [-0.15, -0.1) is 0 Å². The first-order chi connectivity index (χ1) is 13.5. The number of phenols is 1. The summed E-state index contributed by atoms with van der Waals surface area (Å²) in [7, 11) is 0. The molecule has 1 aromatic carbocycles. The molecule has 0 saturated carbocycles. The van der Waals surface area contributed by atoms with Crippen molar-refractivity contribution in [2.75, 3.05) is 6.61 Å². The lowest BCUT2D eigenvalue weighted by Gasteiger charge is -2.11. The number of hydrogen-bond acceptors (Lipinski definition) is 3. The van der Waals surface area contributed by atoms with Crippen LogP contribution in [-0.2, 0) is 4.74 Å². The lowest BCUT2D eigenvalue weighted by Crippen LogP contribution is -2.08. The topological polar surface area (TPSA) is 42.4 Å². The Hall–Kier alpha value is -2.27. The zero-order valence-electron chi connectivity index (χ0n) is 16.6. The van der Waals surface area contributed by atoms with Gasteiger partial charge in [0, 0.05) is 18.4 Å². The van der Waals surface area contributed by atoms with Gasteiger partial charge >= 0.3 is 0 Å². The van der Waals surface area contributed by atoms with Crippen molar-refractivity contribution in [2.45, 2.75) is 58.5 Å². The molecule has 152 valence electrons. The van der Waals surface area contributed by atoms with Crippen molar-refractivity contribution in [1.29, 1.82) is 0 Å². The number of nitrogens with zero attached hydrogens (tertiary/aromatic N) is 1. The zero-order chi connectivity index (χ0) is 20.4. The molecule has 0 bridgehead atoms. The summed E-state index contributed by atoms with van der Waals surface area (Å²) in [5.41, 5.74) is 1.24. The highest BCUT2D eigenvalue weighted by atomic mass is 19.2. The number of ether oxygens (including phenoxy) is 1. The van der Waals surface area contributed by atoms with Crippen LogP contribution in [0.5, 0.6) is 5.75 Å². The number of halogens is 2. The quantitative estimate of drug-likeness (QED) is 0.445. The first-order valence-electron chi connectivity index (χ1n) is 9.94. The minimum Gasteiger partial charge on any atom is -0.505 e. The monoisotopic (exact) mass is 389 g/mol. The number of allylic oxidation sites excluding steroid dienone is 1. The van der Waals surface area contributed by atoms with Crippen molar-refractivity contribution in [3.8, 4) is 17.0 Å². The van der Waals surface area contributed by atoms with Crippen LogP contribution in [-0.4, -0.2) is 22.8 Å². The fourth-order valence-electron chi connectivity index (χ4n) is 2.86. The standard InChI is InChI=1S/C23H29F2NO2/c1-3-4-8-15-28-17(2)9-6-5-7-10-18-11-13-20(26-16-18)19-12-14-21(27)23(25)22(19)24/h7,10-14,16-17,27H,3-6,8-9,15H2,1-2H3. The van der Waals surface area contributed by atoms with Crippen molar-refractivity contribution in [3.05, 3.63) is 53.7 Å². The first kappa shape index (κ1) is 22.0. The van der Waals surface area contributed by atoms with Gasteiger partial charge in [-0.25, -0.2) is 4.39 Å². The highest BCUT2D eigenvalue weighted by Gasteiger charge is 2.14. The van der Waals surface area contributed by atoms with Crippen LogP contribution in [0.25, 0.3) is 17.3 Å². The smallest absolute Gasteiger partial charge is 0.201 e. The summed E-state index contributed by atoms with van der Waals surface area (Å²) in [6.45, 7) is 5.14. The number of benzene rings is 1. The van der Waals surface area contributed by atoms with E-state index in [9.17, 15) is 13.9 Å². The molecule has 2 aromatic rings. The molecule has 0 aliphatic carbocycles. The van der Waals surface area contributed by atoms with E-state index in [0.29, 0.717) is 5.69 Å². The number of unbranched alkanes of at least 4 members (excludes halogenated alkanes) is 3. The van der Waals surface area contributed by atoms with Crippen LogP contribution in [0, 0.1) is 11.6 Å². The van der Waals surface area contributed by atoms with Crippen molar-refractivity contribution in [1.82, 2.24) is 4.98 Å². The predicted molar refractivity (Wildman–Crippen MR) is 109 cm³/mol. The molecule has 2 rings (SSSR count). The predicted octanol–water partition coefficient (Wildman–Crippen LogP) is 6.51. The van der Waals surface area contributed by atoms with E-state index in [1.54, 1.807) is 12.3 Å². The minimum atomic E-state index is -1.26. The number of aromatic nitrogens is 1. The van der Waals surface area contributed by atoms with Crippen LogP contribution in [0.4, 0.5) is 8.78 Å². The Morgan fingerprint density at radius 2 is 1.93 bits per heavy atom. The summed E-state index contributed by atoms with van der Waals surface area (Å²) in [5.74, 6) is -3.06. The number of phenolic OH excluding ortho intramolecular Hbond substituents is 1. The summed E-state index contributed by atoms with van der Waals surface area (Å²) in [5, 5.41) is 9.20. The van der Waals surface area contributed by atoms with Crippen LogP contribution in [0.3, 0.4) is 0 Å². The molecule has 28 heavy (non-hydrogen) atoms. The Morgan fingerprint density at radius 1 is 1.11 bits per heavy atom. The van der Waals surface area contributed by atoms with E-state index in [-0.39, 0.29) is 11.7 Å². The van der Waals surface area contributed by atoms with Gasteiger partial charge in [0.15, 0.2) is 11.6 Å². The second-order valence-electron chi connectivity index (χ2n) is 6.96. The minimum absolute atomic E-state index is 0.0266. The van der Waals surface area contributed by atoms with E-state index >= 15 is 0 Å². The third-order valence-corrected chi connectivity index (χ3v) is 4.57. The van der Waals surface area contributed by atoms with Crippen molar-refractivity contribution in [2.24, 2.45) is 0 Å². The van der Waals surface area contributed by atoms with E-state index in [0.717, 1.165) is 43.9 Å². The van der Waals surface area contributed by atoms with E-state index in [1.165, 1.54) is 18.9 Å². The molecule has 0 spiro atoms. The van der Waals surface area contributed by atoms with Crippen molar-refractivity contribution < 1.29 is 18.6 Å². The van der Waals surface area contributed by atoms with Gasteiger partial charge in [-0.3, -0.25) is 4.98 Å². The van der Waals surface area contributed by atoms with Crippen LogP contribution in [0.15, 0.2) is 36.5 Å².